The molecule has 11 heteroatoms. The molecule has 2 amide bonds. The molecule has 1 aromatic carbocycles. The first-order chi connectivity index (χ1) is 16.4. The van der Waals surface area contributed by atoms with E-state index in [1.54, 1.807) is 6.07 Å². The molecule has 3 aliphatic rings. The van der Waals surface area contributed by atoms with Gasteiger partial charge in [-0.3, -0.25) is 14.6 Å². The van der Waals surface area contributed by atoms with Gasteiger partial charge < -0.3 is 9.80 Å². The van der Waals surface area contributed by atoms with Gasteiger partial charge in [-0.25, -0.2) is 0 Å². The summed E-state index contributed by atoms with van der Waals surface area (Å²) in [7, 11) is 0. The van der Waals surface area contributed by atoms with Gasteiger partial charge in [-0.1, -0.05) is 18.2 Å². The van der Waals surface area contributed by atoms with E-state index in [9.17, 15) is 35.9 Å². The van der Waals surface area contributed by atoms with Crippen LogP contribution in [0.25, 0.3) is 0 Å². The van der Waals surface area contributed by atoms with Crippen LogP contribution in [-0.2, 0) is 15.8 Å². The molecule has 0 unspecified atom stereocenters. The second kappa shape index (κ2) is 9.66. The second-order valence-electron chi connectivity index (χ2n) is 9.11. The smallest absolute Gasteiger partial charge is 0.338 e. The Morgan fingerprint density at radius 2 is 1.66 bits per heavy atom. The van der Waals surface area contributed by atoms with Crippen molar-refractivity contribution in [3.8, 4) is 0 Å². The van der Waals surface area contributed by atoms with E-state index >= 15 is 0 Å². The van der Waals surface area contributed by atoms with Crippen molar-refractivity contribution in [3.05, 3.63) is 46.5 Å². The quantitative estimate of drug-likeness (QED) is 0.562. The number of halogens is 6. The summed E-state index contributed by atoms with van der Waals surface area (Å²) >= 11 is 0. The molecule has 1 aromatic rings. The number of aliphatic imine (C=N–C) groups is 1. The van der Waals surface area contributed by atoms with E-state index in [2.05, 4.69) is 4.99 Å². The predicted molar refractivity (Wildman–Crippen MR) is 116 cm³/mol. The van der Waals surface area contributed by atoms with E-state index in [0.717, 1.165) is 16.5 Å². The largest absolute Gasteiger partial charge is 0.416 e. The Kier molecular flexibility index (Phi) is 6.97. The van der Waals surface area contributed by atoms with Crippen LogP contribution in [0.1, 0.15) is 49.1 Å². The fraction of sp³-hybridized carbons (Fsp3) is 0.542. The predicted octanol–water partition coefficient (Wildman–Crippen LogP) is 4.74. The molecular weight excluding hydrogens is 476 g/mol. The average molecular weight is 501 g/mol. The standard InChI is InChI=1S/C24H25F6N3O2/c25-23(26,27)12-20(34)33-9-3-4-16-13-31-21(18(16)14-33)22(35)32-10-7-15(8-11-32)17-5-1-2-6-19(17)24(28,29)30/h1-2,5-6,15H,3-4,7-14H2. The van der Waals surface area contributed by atoms with Gasteiger partial charge in [-0.05, 0) is 48.8 Å². The molecule has 0 radical (unpaired) electrons. The zero-order valence-electron chi connectivity index (χ0n) is 18.9. The summed E-state index contributed by atoms with van der Waals surface area (Å²) in [5, 5.41) is 0. The van der Waals surface area contributed by atoms with Crippen molar-refractivity contribution in [2.24, 2.45) is 4.99 Å². The highest BCUT2D eigenvalue weighted by molar-refractivity contribution is 6.46. The first-order valence-electron chi connectivity index (χ1n) is 11.5. The molecule has 4 rings (SSSR count). The van der Waals surface area contributed by atoms with Gasteiger partial charge in [0.25, 0.3) is 5.91 Å². The van der Waals surface area contributed by atoms with E-state index in [0.29, 0.717) is 31.3 Å². The number of carbonyl (C=O) groups is 2. The maximum Gasteiger partial charge on any atom is 0.416 e. The van der Waals surface area contributed by atoms with Crippen molar-refractivity contribution < 1.29 is 35.9 Å². The van der Waals surface area contributed by atoms with Crippen molar-refractivity contribution in [1.82, 2.24) is 9.80 Å². The van der Waals surface area contributed by atoms with Gasteiger partial charge in [-0.2, -0.15) is 26.3 Å². The van der Waals surface area contributed by atoms with Gasteiger partial charge in [-0.15, -0.1) is 0 Å². The minimum absolute atomic E-state index is 0.0930. The molecular formula is C24H25F6N3O2. The van der Waals surface area contributed by atoms with E-state index in [4.69, 9.17) is 0 Å². The van der Waals surface area contributed by atoms with Crippen molar-refractivity contribution in [2.75, 3.05) is 32.7 Å². The lowest BCUT2D eigenvalue weighted by molar-refractivity contribution is -0.161. The van der Waals surface area contributed by atoms with E-state index in [-0.39, 0.29) is 55.8 Å². The minimum atomic E-state index is -4.61. The summed E-state index contributed by atoms with van der Waals surface area (Å²) in [4.78, 5) is 32.4. The van der Waals surface area contributed by atoms with Crippen molar-refractivity contribution >= 4 is 17.5 Å². The lowest BCUT2D eigenvalue weighted by Crippen LogP contribution is -2.43. The summed E-state index contributed by atoms with van der Waals surface area (Å²) in [6.45, 7) is 0.840. The first kappa shape index (κ1) is 25.2. The summed E-state index contributed by atoms with van der Waals surface area (Å²) < 4.78 is 78.4. The molecule has 0 N–H and O–H groups in total. The van der Waals surface area contributed by atoms with Crippen molar-refractivity contribution in [2.45, 2.75) is 50.4 Å². The highest BCUT2D eigenvalue weighted by Crippen LogP contribution is 2.39. The molecule has 1 saturated heterocycles. The Morgan fingerprint density at radius 1 is 0.971 bits per heavy atom. The fourth-order valence-corrected chi connectivity index (χ4v) is 5.05. The Hall–Kier alpha value is -2.85. The van der Waals surface area contributed by atoms with Gasteiger partial charge in [0, 0.05) is 31.8 Å². The molecule has 35 heavy (non-hydrogen) atoms. The molecule has 3 aliphatic heterocycles. The van der Waals surface area contributed by atoms with Gasteiger partial charge in [0.2, 0.25) is 5.91 Å². The van der Waals surface area contributed by atoms with Crippen LogP contribution in [0.5, 0.6) is 0 Å². The van der Waals surface area contributed by atoms with Gasteiger partial charge in [0.15, 0.2) is 0 Å². The first-order valence-corrected chi connectivity index (χ1v) is 11.5. The number of alkyl halides is 6. The normalized spacial score (nSPS) is 20.0. The SMILES string of the molecule is O=C(CC(F)(F)F)N1CCCC2=C(C1)C(C(=O)N1CCC(c3ccccc3C(F)(F)F)CC1)=NC2. The molecule has 0 saturated carbocycles. The molecule has 0 aliphatic carbocycles. The third kappa shape index (κ3) is 5.70. The van der Waals surface area contributed by atoms with Gasteiger partial charge in [0.05, 0.1) is 12.1 Å². The molecule has 3 heterocycles. The Labute approximate surface area is 198 Å². The van der Waals surface area contributed by atoms with Gasteiger partial charge >= 0.3 is 12.4 Å². The number of rotatable bonds is 3. The zero-order valence-corrected chi connectivity index (χ0v) is 18.9. The maximum absolute atomic E-state index is 13.4. The van der Waals surface area contributed by atoms with Crippen LogP contribution < -0.4 is 0 Å². The summed E-state index contributed by atoms with van der Waals surface area (Å²) in [5.74, 6) is -1.76. The summed E-state index contributed by atoms with van der Waals surface area (Å²) in [5.41, 5.74) is 1.07. The average Bonchev–Trinajstić information content (AvgIpc) is 3.06. The van der Waals surface area contributed by atoms with Crippen molar-refractivity contribution in [1.29, 1.82) is 0 Å². The molecule has 1 fully saturated rings. The number of nitrogens with zero attached hydrogens (tertiary/aromatic N) is 3. The van der Waals surface area contributed by atoms with Crippen LogP contribution >= 0.6 is 0 Å². The highest BCUT2D eigenvalue weighted by atomic mass is 19.4. The Morgan fingerprint density at radius 3 is 2.31 bits per heavy atom. The number of piperidine rings is 1. The number of benzene rings is 1. The van der Waals surface area contributed by atoms with Gasteiger partial charge in [0.1, 0.15) is 12.1 Å². The van der Waals surface area contributed by atoms with E-state index in [1.165, 1.54) is 17.0 Å². The molecule has 0 aromatic heterocycles. The Balaban J connectivity index is 1.43. The second-order valence-corrected chi connectivity index (χ2v) is 9.11. The number of hydrogen-bond acceptors (Lipinski definition) is 3. The topological polar surface area (TPSA) is 53.0 Å². The third-order valence-corrected chi connectivity index (χ3v) is 6.79. The number of amides is 2. The number of likely N-dealkylation sites (tertiary alicyclic amines) is 1. The van der Waals surface area contributed by atoms with Crippen LogP contribution in [0, 0.1) is 0 Å². The monoisotopic (exact) mass is 501 g/mol. The molecule has 5 nitrogen and oxygen atoms in total. The minimum Gasteiger partial charge on any atom is -0.338 e. The highest BCUT2D eigenvalue weighted by Gasteiger charge is 2.39. The zero-order chi connectivity index (χ0) is 25.4. The van der Waals surface area contributed by atoms with Crippen molar-refractivity contribution in [3.63, 3.8) is 0 Å². The molecule has 0 atom stereocenters. The Bertz CT molecular complexity index is 1050. The van der Waals surface area contributed by atoms with Crippen LogP contribution in [0.3, 0.4) is 0 Å². The molecule has 0 bridgehead atoms. The van der Waals surface area contributed by atoms with Crippen LogP contribution in [-0.4, -0.2) is 66.2 Å². The maximum atomic E-state index is 13.4. The number of carbonyl (C=O) groups excluding carboxylic acids is 2. The van der Waals surface area contributed by atoms with Crippen LogP contribution in [0.4, 0.5) is 26.3 Å². The molecule has 0 spiro atoms. The van der Waals surface area contributed by atoms with E-state index in [1.807, 2.05) is 0 Å². The lowest BCUT2D eigenvalue weighted by Gasteiger charge is -2.33. The van der Waals surface area contributed by atoms with Crippen LogP contribution in [0.15, 0.2) is 40.4 Å². The third-order valence-electron chi connectivity index (χ3n) is 6.79. The summed E-state index contributed by atoms with van der Waals surface area (Å²) in [6, 6.07) is 5.46. The van der Waals surface area contributed by atoms with Crippen LogP contribution in [0.2, 0.25) is 0 Å². The molecule has 190 valence electrons. The number of hydrogen-bond donors (Lipinski definition) is 0. The van der Waals surface area contributed by atoms with E-state index < -0.39 is 30.2 Å². The fourth-order valence-electron chi connectivity index (χ4n) is 5.05. The lowest BCUT2D eigenvalue weighted by atomic mass is 9.86. The summed E-state index contributed by atoms with van der Waals surface area (Å²) in [6.07, 6.45) is -8.88.